The molecule has 1 aliphatic rings. The molecule has 72 valence electrons. The van der Waals surface area contributed by atoms with Gasteiger partial charge in [0.05, 0.1) is 6.10 Å². The van der Waals surface area contributed by atoms with E-state index in [9.17, 15) is 0 Å². The van der Waals surface area contributed by atoms with Crippen molar-refractivity contribution >= 4 is 0 Å². The molecule has 0 aromatic heterocycles. The molecule has 1 saturated carbocycles. The maximum absolute atomic E-state index is 5.69. The SMILES string of the molecule is CCO[C@H]1C[C@@H](C)CC(C)(C)C1. The van der Waals surface area contributed by atoms with E-state index < -0.39 is 0 Å². The molecule has 0 aromatic rings. The van der Waals surface area contributed by atoms with Crippen LogP contribution in [0.3, 0.4) is 0 Å². The highest BCUT2D eigenvalue weighted by molar-refractivity contribution is 4.83. The summed E-state index contributed by atoms with van der Waals surface area (Å²) in [5.41, 5.74) is 0.498. The molecule has 1 nitrogen and oxygen atoms in total. The van der Waals surface area contributed by atoms with Gasteiger partial charge >= 0.3 is 0 Å². The summed E-state index contributed by atoms with van der Waals surface area (Å²) < 4.78 is 5.69. The van der Waals surface area contributed by atoms with E-state index in [0.29, 0.717) is 11.5 Å². The third kappa shape index (κ3) is 2.78. The number of ether oxygens (including phenoxy) is 1. The highest BCUT2D eigenvalue weighted by Crippen LogP contribution is 2.39. The fourth-order valence-corrected chi connectivity index (χ4v) is 2.62. The van der Waals surface area contributed by atoms with Crippen molar-refractivity contribution in [2.75, 3.05) is 6.61 Å². The van der Waals surface area contributed by atoms with Gasteiger partial charge in [-0.25, -0.2) is 0 Å². The molecule has 0 aliphatic heterocycles. The second-order valence-electron chi connectivity index (χ2n) is 4.99. The Morgan fingerprint density at radius 1 is 1.33 bits per heavy atom. The topological polar surface area (TPSA) is 9.23 Å². The van der Waals surface area contributed by atoms with Gasteiger partial charge in [-0.05, 0) is 37.5 Å². The first kappa shape index (κ1) is 10.0. The van der Waals surface area contributed by atoms with E-state index in [1.54, 1.807) is 0 Å². The third-order valence-corrected chi connectivity index (χ3v) is 2.75. The summed E-state index contributed by atoms with van der Waals surface area (Å²) in [5, 5.41) is 0. The van der Waals surface area contributed by atoms with Gasteiger partial charge in [0.2, 0.25) is 0 Å². The first-order valence-electron chi connectivity index (χ1n) is 5.15. The lowest BCUT2D eigenvalue weighted by molar-refractivity contribution is -0.0172. The molecule has 0 aromatic carbocycles. The van der Waals surface area contributed by atoms with Crippen LogP contribution < -0.4 is 0 Å². The van der Waals surface area contributed by atoms with E-state index in [4.69, 9.17) is 4.74 Å². The predicted molar refractivity (Wildman–Crippen MR) is 52.2 cm³/mol. The minimum absolute atomic E-state index is 0.498. The van der Waals surface area contributed by atoms with Crippen LogP contribution in [0, 0.1) is 11.3 Å². The summed E-state index contributed by atoms with van der Waals surface area (Å²) in [4.78, 5) is 0. The number of hydrogen-bond donors (Lipinski definition) is 0. The average molecular weight is 170 g/mol. The van der Waals surface area contributed by atoms with Crippen LogP contribution in [-0.2, 0) is 4.74 Å². The van der Waals surface area contributed by atoms with Gasteiger partial charge in [-0.2, -0.15) is 0 Å². The van der Waals surface area contributed by atoms with Gasteiger partial charge < -0.3 is 4.74 Å². The molecule has 12 heavy (non-hydrogen) atoms. The largest absolute Gasteiger partial charge is 0.378 e. The fraction of sp³-hybridized carbons (Fsp3) is 1.00. The van der Waals surface area contributed by atoms with Gasteiger partial charge in [0.25, 0.3) is 0 Å². The van der Waals surface area contributed by atoms with Gasteiger partial charge in [-0.15, -0.1) is 0 Å². The van der Waals surface area contributed by atoms with Gasteiger partial charge in [0.1, 0.15) is 0 Å². The summed E-state index contributed by atoms with van der Waals surface area (Å²) in [5.74, 6) is 0.838. The van der Waals surface area contributed by atoms with Gasteiger partial charge in [0.15, 0.2) is 0 Å². The second-order valence-corrected chi connectivity index (χ2v) is 4.99. The molecule has 0 bridgehead atoms. The van der Waals surface area contributed by atoms with E-state index in [1.807, 2.05) is 0 Å². The van der Waals surface area contributed by atoms with Crippen LogP contribution in [0.2, 0.25) is 0 Å². The van der Waals surface area contributed by atoms with Crippen molar-refractivity contribution in [2.24, 2.45) is 11.3 Å². The normalized spacial score (nSPS) is 35.0. The Balaban J connectivity index is 2.46. The van der Waals surface area contributed by atoms with Crippen LogP contribution in [0.5, 0.6) is 0 Å². The van der Waals surface area contributed by atoms with Crippen molar-refractivity contribution in [1.82, 2.24) is 0 Å². The van der Waals surface area contributed by atoms with Crippen molar-refractivity contribution < 1.29 is 4.74 Å². The molecule has 1 rings (SSSR count). The van der Waals surface area contributed by atoms with Crippen molar-refractivity contribution in [1.29, 1.82) is 0 Å². The fourth-order valence-electron chi connectivity index (χ4n) is 2.62. The Labute approximate surface area is 76.5 Å². The molecular formula is C11H22O. The Hall–Kier alpha value is -0.0400. The summed E-state index contributed by atoms with van der Waals surface area (Å²) in [6, 6.07) is 0. The van der Waals surface area contributed by atoms with Crippen molar-refractivity contribution in [2.45, 2.75) is 53.1 Å². The molecule has 1 heteroatoms. The Kier molecular flexibility index (Phi) is 3.16. The van der Waals surface area contributed by atoms with Crippen LogP contribution >= 0.6 is 0 Å². The first-order chi connectivity index (χ1) is 5.53. The zero-order valence-corrected chi connectivity index (χ0v) is 8.89. The second kappa shape index (κ2) is 3.78. The lowest BCUT2D eigenvalue weighted by Crippen LogP contribution is -2.32. The zero-order valence-electron chi connectivity index (χ0n) is 8.89. The lowest BCUT2D eigenvalue weighted by Gasteiger charge is -2.38. The molecule has 0 amide bonds. The summed E-state index contributed by atoms with van der Waals surface area (Å²) in [6.45, 7) is 10.0. The minimum atomic E-state index is 0.498. The molecule has 0 unspecified atom stereocenters. The number of rotatable bonds is 2. The van der Waals surface area contributed by atoms with E-state index in [2.05, 4.69) is 27.7 Å². The Bertz CT molecular complexity index is 140. The lowest BCUT2D eigenvalue weighted by atomic mass is 9.71. The predicted octanol–water partition coefficient (Wildman–Crippen LogP) is 3.24. The van der Waals surface area contributed by atoms with Crippen molar-refractivity contribution in [3.8, 4) is 0 Å². The molecule has 0 saturated heterocycles. The first-order valence-corrected chi connectivity index (χ1v) is 5.15. The Morgan fingerprint density at radius 3 is 2.50 bits per heavy atom. The Morgan fingerprint density at radius 2 is 2.00 bits per heavy atom. The monoisotopic (exact) mass is 170 g/mol. The summed E-state index contributed by atoms with van der Waals surface area (Å²) in [6.07, 6.45) is 4.38. The molecule has 0 N–H and O–H groups in total. The van der Waals surface area contributed by atoms with E-state index in [0.717, 1.165) is 12.5 Å². The van der Waals surface area contributed by atoms with Crippen molar-refractivity contribution in [3.63, 3.8) is 0 Å². The summed E-state index contributed by atoms with van der Waals surface area (Å²) >= 11 is 0. The van der Waals surface area contributed by atoms with Gasteiger partial charge in [-0.1, -0.05) is 20.8 Å². The van der Waals surface area contributed by atoms with Crippen LogP contribution in [0.4, 0.5) is 0 Å². The van der Waals surface area contributed by atoms with Crippen LogP contribution in [0.1, 0.15) is 47.0 Å². The molecular weight excluding hydrogens is 148 g/mol. The third-order valence-electron chi connectivity index (χ3n) is 2.75. The van der Waals surface area contributed by atoms with Crippen molar-refractivity contribution in [3.05, 3.63) is 0 Å². The highest BCUT2D eigenvalue weighted by atomic mass is 16.5. The molecule has 0 spiro atoms. The van der Waals surface area contributed by atoms with E-state index in [-0.39, 0.29) is 0 Å². The molecule has 2 atom stereocenters. The smallest absolute Gasteiger partial charge is 0.0582 e. The maximum Gasteiger partial charge on any atom is 0.0582 e. The summed E-state index contributed by atoms with van der Waals surface area (Å²) in [7, 11) is 0. The van der Waals surface area contributed by atoms with E-state index in [1.165, 1.54) is 19.3 Å². The van der Waals surface area contributed by atoms with Crippen LogP contribution in [-0.4, -0.2) is 12.7 Å². The maximum atomic E-state index is 5.69. The van der Waals surface area contributed by atoms with Crippen LogP contribution in [0.15, 0.2) is 0 Å². The molecule has 1 fully saturated rings. The van der Waals surface area contributed by atoms with Gasteiger partial charge in [0, 0.05) is 6.61 Å². The molecule has 0 radical (unpaired) electrons. The minimum Gasteiger partial charge on any atom is -0.378 e. The van der Waals surface area contributed by atoms with Crippen LogP contribution in [0.25, 0.3) is 0 Å². The standard InChI is InChI=1S/C11H22O/c1-5-12-10-6-9(2)7-11(3,4)8-10/h9-10H,5-8H2,1-4H3/t9-,10+/m1/s1. The quantitative estimate of drug-likeness (QED) is 0.618. The molecule has 1 aliphatic carbocycles. The zero-order chi connectivity index (χ0) is 9.19. The number of hydrogen-bond acceptors (Lipinski definition) is 1. The molecule has 0 heterocycles. The van der Waals surface area contributed by atoms with Gasteiger partial charge in [-0.3, -0.25) is 0 Å². The average Bonchev–Trinajstić information content (AvgIpc) is 1.82. The highest BCUT2D eigenvalue weighted by Gasteiger charge is 2.31. The van der Waals surface area contributed by atoms with E-state index >= 15 is 0 Å².